The van der Waals surface area contributed by atoms with Crippen LogP contribution in [-0.2, 0) is 6.54 Å². The van der Waals surface area contributed by atoms with Crippen LogP contribution >= 0.6 is 24.0 Å². The van der Waals surface area contributed by atoms with Crippen molar-refractivity contribution < 1.29 is 14.3 Å². The number of hydrogen-bond donors (Lipinski definition) is 3. The second kappa shape index (κ2) is 11.6. The number of hydrogen-bond acceptors (Lipinski definition) is 5. The van der Waals surface area contributed by atoms with Gasteiger partial charge in [0.1, 0.15) is 11.5 Å². The van der Waals surface area contributed by atoms with Gasteiger partial charge >= 0.3 is 0 Å². The number of methoxy groups -OCH3 is 2. The molecule has 2 aromatic rings. The summed E-state index contributed by atoms with van der Waals surface area (Å²) in [5.41, 5.74) is 7.89. The molecule has 1 saturated heterocycles. The van der Waals surface area contributed by atoms with Crippen LogP contribution in [0.2, 0.25) is 0 Å². The predicted octanol–water partition coefficient (Wildman–Crippen LogP) is 2.36. The first-order valence-corrected chi connectivity index (χ1v) is 9.86. The van der Waals surface area contributed by atoms with Crippen LogP contribution in [0.4, 0.5) is 5.69 Å². The highest BCUT2D eigenvalue weighted by Gasteiger charge is 2.24. The van der Waals surface area contributed by atoms with Gasteiger partial charge in [-0.2, -0.15) is 0 Å². The smallest absolute Gasteiger partial charge is 0.248 e. The molecule has 0 aliphatic carbocycles. The number of nitrogens with two attached hydrogens (primary N) is 1. The Kier molecular flexibility index (Phi) is 9.22. The molecule has 4 N–H and O–H groups in total. The van der Waals surface area contributed by atoms with Crippen molar-refractivity contribution in [3.05, 3.63) is 53.6 Å². The first kappa shape index (κ1) is 24.6. The Morgan fingerprint density at radius 3 is 2.52 bits per heavy atom. The van der Waals surface area contributed by atoms with E-state index in [-0.39, 0.29) is 30.0 Å². The third-order valence-corrected chi connectivity index (χ3v) is 5.13. The molecule has 1 aliphatic heterocycles. The zero-order valence-corrected chi connectivity index (χ0v) is 20.4. The van der Waals surface area contributed by atoms with E-state index >= 15 is 0 Å². The van der Waals surface area contributed by atoms with Gasteiger partial charge in [0, 0.05) is 62.2 Å². The highest BCUT2D eigenvalue weighted by molar-refractivity contribution is 14.0. The average Bonchev–Trinajstić information content (AvgIpc) is 3.25. The van der Waals surface area contributed by atoms with Gasteiger partial charge in [-0.1, -0.05) is 12.1 Å². The largest absolute Gasteiger partial charge is 0.497 e. The molecule has 1 aliphatic rings. The van der Waals surface area contributed by atoms with E-state index in [0.717, 1.165) is 48.2 Å². The molecular weight excluding hydrogens is 509 g/mol. The normalized spacial score (nSPS) is 15.8. The van der Waals surface area contributed by atoms with Crippen LogP contribution in [0.3, 0.4) is 0 Å². The lowest BCUT2D eigenvalue weighted by Crippen LogP contribution is -2.44. The molecule has 0 bridgehead atoms. The van der Waals surface area contributed by atoms with Crippen LogP contribution in [0.1, 0.15) is 22.3 Å². The molecule has 9 heteroatoms. The van der Waals surface area contributed by atoms with Crippen LogP contribution in [0.5, 0.6) is 11.5 Å². The molecular formula is C22H30IN5O3. The van der Waals surface area contributed by atoms with Crippen LogP contribution in [0, 0.1) is 0 Å². The summed E-state index contributed by atoms with van der Waals surface area (Å²) in [5, 5.41) is 6.77. The quantitative estimate of drug-likeness (QED) is 0.284. The number of carbonyl (C=O) groups excluding carboxylic acids is 1. The Morgan fingerprint density at radius 2 is 1.90 bits per heavy atom. The number of benzene rings is 2. The molecule has 8 nitrogen and oxygen atoms in total. The summed E-state index contributed by atoms with van der Waals surface area (Å²) in [7, 11) is 5.05. The molecule has 1 atom stereocenters. The van der Waals surface area contributed by atoms with Gasteiger partial charge in [0.25, 0.3) is 0 Å². The summed E-state index contributed by atoms with van der Waals surface area (Å²) in [6, 6.07) is 13.4. The number of primary amides is 1. The predicted molar refractivity (Wildman–Crippen MR) is 134 cm³/mol. The lowest BCUT2D eigenvalue weighted by molar-refractivity contribution is 0.1000. The van der Waals surface area contributed by atoms with Crippen molar-refractivity contribution in [3.8, 4) is 11.5 Å². The van der Waals surface area contributed by atoms with Crippen molar-refractivity contribution in [1.29, 1.82) is 0 Å². The van der Waals surface area contributed by atoms with Crippen LogP contribution < -0.4 is 30.7 Å². The molecule has 31 heavy (non-hydrogen) atoms. The Labute approximate surface area is 200 Å². The van der Waals surface area contributed by atoms with Gasteiger partial charge in [0.2, 0.25) is 5.91 Å². The molecule has 2 aromatic carbocycles. The standard InChI is InChI=1S/C22H29N5O3.HI/c1-24-22(25-13-15-5-4-6-16(9-15)21(23)28)26-17-7-8-27(14-17)18-10-19(29-2)12-20(11-18)30-3;/h4-6,9-12,17H,7-8,13-14H2,1-3H3,(H2,23,28)(H2,24,25,26);1H. The molecule has 0 aromatic heterocycles. The van der Waals surface area contributed by atoms with Crippen LogP contribution in [0.25, 0.3) is 0 Å². The van der Waals surface area contributed by atoms with Crippen molar-refractivity contribution in [2.45, 2.75) is 19.0 Å². The third-order valence-electron chi connectivity index (χ3n) is 5.13. The maximum Gasteiger partial charge on any atom is 0.248 e. The molecule has 1 unspecified atom stereocenters. The minimum atomic E-state index is -0.431. The summed E-state index contributed by atoms with van der Waals surface area (Å²) < 4.78 is 10.8. The maximum atomic E-state index is 11.4. The SMILES string of the molecule is CN=C(NCc1cccc(C(N)=O)c1)NC1CCN(c2cc(OC)cc(OC)c2)C1.I. The molecule has 1 heterocycles. The topological polar surface area (TPSA) is 101 Å². The van der Waals surface area contributed by atoms with Gasteiger partial charge in [-0.3, -0.25) is 9.79 Å². The lowest BCUT2D eigenvalue weighted by Gasteiger charge is -2.21. The number of guanidine groups is 1. The summed E-state index contributed by atoms with van der Waals surface area (Å²) in [6.45, 7) is 2.31. The number of rotatable bonds is 7. The Balaban J connectivity index is 0.00000341. The second-order valence-corrected chi connectivity index (χ2v) is 7.14. The first-order chi connectivity index (χ1) is 14.5. The average molecular weight is 539 g/mol. The van der Waals surface area contributed by atoms with Crippen molar-refractivity contribution in [3.63, 3.8) is 0 Å². The van der Waals surface area contributed by atoms with Crippen LogP contribution in [-0.4, -0.2) is 52.3 Å². The number of ether oxygens (including phenoxy) is 2. The van der Waals surface area contributed by atoms with Gasteiger partial charge in [-0.25, -0.2) is 0 Å². The zero-order valence-electron chi connectivity index (χ0n) is 18.1. The van der Waals surface area contributed by atoms with Gasteiger partial charge in [0.15, 0.2) is 5.96 Å². The number of anilines is 1. The number of amides is 1. The van der Waals surface area contributed by atoms with Crippen molar-refractivity contribution in [1.82, 2.24) is 10.6 Å². The molecule has 0 saturated carbocycles. The van der Waals surface area contributed by atoms with Gasteiger partial charge in [-0.05, 0) is 24.1 Å². The first-order valence-electron chi connectivity index (χ1n) is 9.86. The molecule has 0 spiro atoms. The molecule has 1 amide bonds. The van der Waals surface area contributed by atoms with Gasteiger partial charge in [-0.15, -0.1) is 24.0 Å². The third kappa shape index (κ3) is 6.65. The summed E-state index contributed by atoms with van der Waals surface area (Å²) in [4.78, 5) is 18.0. The number of aliphatic imine (C=N–C) groups is 1. The van der Waals surface area contributed by atoms with Crippen molar-refractivity contribution in [2.75, 3.05) is 39.3 Å². The summed E-state index contributed by atoms with van der Waals surface area (Å²) in [6.07, 6.45) is 0.984. The summed E-state index contributed by atoms with van der Waals surface area (Å²) >= 11 is 0. The fourth-order valence-electron chi connectivity index (χ4n) is 3.50. The fourth-order valence-corrected chi connectivity index (χ4v) is 3.50. The minimum absolute atomic E-state index is 0. The number of nitrogens with one attached hydrogen (secondary N) is 2. The van der Waals surface area contributed by atoms with E-state index in [1.807, 2.05) is 30.3 Å². The highest BCUT2D eigenvalue weighted by atomic mass is 127. The van der Waals surface area contributed by atoms with Gasteiger partial charge < -0.3 is 30.7 Å². The zero-order chi connectivity index (χ0) is 21.5. The van der Waals surface area contributed by atoms with Crippen molar-refractivity contribution >= 4 is 41.5 Å². The number of carbonyl (C=O) groups is 1. The molecule has 3 rings (SSSR count). The van der Waals surface area contributed by atoms with Gasteiger partial charge in [0.05, 0.1) is 14.2 Å². The van der Waals surface area contributed by atoms with Crippen molar-refractivity contribution in [2.24, 2.45) is 10.7 Å². The van der Waals surface area contributed by atoms with E-state index in [9.17, 15) is 4.79 Å². The van der Waals surface area contributed by atoms with E-state index in [1.165, 1.54) is 0 Å². The Bertz CT molecular complexity index is 900. The Morgan fingerprint density at radius 1 is 1.19 bits per heavy atom. The minimum Gasteiger partial charge on any atom is -0.497 e. The van der Waals surface area contributed by atoms with E-state index in [1.54, 1.807) is 33.4 Å². The van der Waals surface area contributed by atoms with E-state index < -0.39 is 5.91 Å². The van der Waals surface area contributed by atoms with E-state index in [0.29, 0.717) is 12.1 Å². The summed E-state index contributed by atoms with van der Waals surface area (Å²) in [5.74, 6) is 1.84. The highest BCUT2D eigenvalue weighted by Crippen LogP contribution is 2.30. The van der Waals surface area contributed by atoms with E-state index in [2.05, 4.69) is 20.5 Å². The Hall–Kier alpha value is -2.69. The number of halogens is 1. The molecule has 0 radical (unpaired) electrons. The lowest BCUT2D eigenvalue weighted by atomic mass is 10.1. The van der Waals surface area contributed by atoms with Crippen LogP contribution in [0.15, 0.2) is 47.5 Å². The van der Waals surface area contributed by atoms with E-state index in [4.69, 9.17) is 15.2 Å². The number of nitrogens with zero attached hydrogens (tertiary/aromatic N) is 2. The monoisotopic (exact) mass is 539 g/mol. The molecule has 1 fully saturated rings. The maximum absolute atomic E-state index is 11.4. The second-order valence-electron chi connectivity index (χ2n) is 7.14. The molecule has 168 valence electrons. The fraction of sp³-hybridized carbons (Fsp3) is 0.364.